The molecule has 6 nitrogen and oxygen atoms in total. The van der Waals surface area contributed by atoms with Gasteiger partial charge in [0.25, 0.3) is 0 Å². The minimum atomic E-state index is -3.54. The van der Waals surface area contributed by atoms with E-state index in [9.17, 15) is 13.2 Å². The fraction of sp³-hybridized carbons (Fsp3) is 0.650. The van der Waals surface area contributed by atoms with Gasteiger partial charge >= 0.3 is 0 Å². The van der Waals surface area contributed by atoms with Crippen molar-refractivity contribution >= 4 is 37.5 Å². The van der Waals surface area contributed by atoms with Gasteiger partial charge in [0.15, 0.2) is 0 Å². The average molecular weight is 459 g/mol. The van der Waals surface area contributed by atoms with Crippen LogP contribution >= 0.6 is 21.6 Å². The minimum absolute atomic E-state index is 0.150. The molecule has 2 saturated heterocycles. The second-order valence-electron chi connectivity index (χ2n) is 7.26. The Balaban J connectivity index is 1.43. The summed E-state index contributed by atoms with van der Waals surface area (Å²) in [5.74, 6) is 2.06. The highest BCUT2D eigenvalue weighted by Crippen LogP contribution is 2.39. The smallest absolute Gasteiger partial charge is 0.243 e. The van der Waals surface area contributed by atoms with Crippen molar-refractivity contribution in [3.8, 4) is 5.75 Å². The molecule has 2 aliphatic rings. The molecule has 2 aliphatic heterocycles. The molecule has 0 spiro atoms. The second-order valence-corrected chi connectivity index (χ2v) is 12.0. The lowest BCUT2D eigenvalue weighted by Gasteiger charge is -2.34. The van der Waals surface area contributed by atoms with E-state index < -0.39 is 10.0 Å². The quantitative estimate of drug-likeness (QED) is 0.416. The summed E-state index contributed by atoms with van der Waals surface area (Å²) in [6.07, 6.45) is 5.06. The molecule has 0 saturated carbocycles. The normalized spacial score (nSPS) is 20.7. The maximum absolute atomic E-state index is 12.8. The van der Waals surface area contributed by atoms with E-state index in [2.05, 4.69) is 0 Å². The van der Waals surface area contributed by atoms with E-state index in [1.54, 1.807) is 24.3 Å². The zero-order valence-electron chi connectivity index (χ0n) is 16.9. The van der Waals surface area contributed by atoms with Crippen molar-refractivity contribution in [2.45, 2.75) is 49.2 Å². The van der Waals surface area contributed by atoms with Crippen LogP contribution < -0.4 is 4.74 Å². The lowest BCUT2D eigenvalue weighted by atomic mass is 10.1. The molecule has 0 radical (unpaired) electrons. The predicted octanol–water partition coefficient (Wildman–Crippen LogP) is 3.63. The molecule has 162 valence electrons. The van der Waals surface area contributed by atoms with Gasteiger partial charge in [0.2, 0.25) is 15.9 Å². The van der Waals surface area contributed by atoms with Crippen molar-refractivity contribution in [2.75, 3.05) is 38.5 Å². The molecule has 0 aromatic heterocycles. The Morgan fingerprint density at radius 1 is 1.14 bits per heavy atom. The van der Waals surface area contributed by atoms with E-state index in [4.69, 9.17) is 4.74 Å². The van der Waals surface area contributed by atoms with Gasteiger partial charge in [-0.3, -0.25) is 4.79 Å². The number of carbonyl (C=O) groups is 1. The largest absolute Gasteiger partial charge is 0.494 e. The molecule has 1 aromatic carbocycles. The summed E-state index contributed by atoms with van der Waals surface area (Å²) in [5.41, 5.74) is 0. The number of ether oxygens (including phenoxy) is 1. The van der Waals surface area contributed by atoms with Gasteiger partial charge in [-0.25, -0.2) is 8.42 Å². The summed E-state index contributed by atoms with van der Waals surface area (Å²) < 4.78 is 32.5. The minimum Gasteiger partial charge on any atom is -0.494 e. The van der Waals surface area contributed by atoms with Crippen LogP contribution in [0.2, 0.25) is 0 Å². The number of amides is 1. The Labute approximate surface area is 182 Å². The van der Waals surface area contributed by atoms with E-state index in [0.29, 0.717) is 45.0 Å². The van der Waals surface area contributed by atoms with Gasteiger partial charge in [-0.2, -0.15) is 4.31 Å². The molecule has 29 heavy (non-hydrogen) atoms. The molecule has 1 unspecified atom stereocenters. The Kier molecular flexibility index (Phi) is 8.58. The van der Waals surface area contributed by atoms with E-state index in [1.165, 1.54) is 22.9 Å². The van der Waals surface area contributed by atoms with Crippen molar-refractivity contribution in [1.82, 2.24) is 9.21 Å². The van der Waals surface area contributed by atoms with E-state index >= 15 is 0 Å². The number of sulfonamides is 1. The number of hydrogen-bond donors (Lipinski definition) is 0. The van der Waals surface area contributed by atoms with Crippen LogP contribution in [-0.2, 0) is 14.8 Å². The molecule has 2 heterocycles. The maximum atomic E-state index is 12.8. The fourth-order valence-corrected chi connectivity index (χ4v) is 8.02. The van der Waals surface area contributed by atoms with Gasteiger partial charge in [0, 0.05) is 43.6 Å². The van der Waals surface area contributed by atoms with Crippen molar-refractivity contribution in [1.29, 1.82) is 0 Å². The molecule has 0 bridgehead atoms. The lowest BCUT2D eigenvalue weighted by Crippen LogP contribution is -2.50. The van der Waals surface area contributed by atoms with Crippen molar-refractivity contribution < 1.29 is 17.9 Å². The lowest BCUT2D eigenvalue weighted by molar-refractivity contribution is -0.132. The fourth-order valence-electron chi connectivity index (χ4n) is 3.57. The summed E-state index contributed by atoms with van der Waals surface area (Å²) in [6, 6.07) is 6.52. The highest BCUT2D eigenvalue weighted by atomic mass is 33.1. The average Bonchev–Trinajstić information content (AvgIpc) is 3.25. The van der Waals surface area contributed by atoms with Gasteiger partial charge < -0.3 is 9.64 Å². The first-order valence-electron chi connectivity index (χ1n) is 10.3. The molecule has 0 N–H and O–H groups in total. The molecule has 1 aromatic rings. The number of unbranched alkanes of at least 4 members (excludes halogenated alkanes) is 1. The Morgan fingerprint density at radius 2 is 1.86 bits per heavy atom. The monoisotopic (exact) mass is 458 g/mol. The standard InChI is InChI=1S/C20H30N2O4S3/c1-2-26-17-7-9-19(10-8-17)29(24,25)22-14-12-21(13-15-22)20(23)6-4-3-5-18-11-16-27-28-18/h7-10,18H,2-6,11-16H2,1H3. The van der Waals surface area contributed by atoms with Crippen LogP contribution in [0.15, 0.2) is 29.2 Å². The number of piperazine rings is 1. The summed E-state index contributed by atoms with van der Waals surface area (Å²) in [7, 11) is 0.401. The Morgan fingerprint density at radius 3 is 2.48 bits per heavy atom. The summed E-state index contributed by atoms with van der Waals surface area (Å²) >= 11 is 0. The molecular formula is C20H30N2O4S3. The Hall–Kier alpha value is -0.900. The highest BCUT2D eigenvalue weighted by Gasteiger charge is 2.30. The van der Waals surface area contributed by atoms with Crippen molar-refractivity contribution in [2.24, 2.45) is 0 Å². The van der Waals surface area contributed by atoms with E-state index in [0.717, 1.165) is 18.1 Å². The highest BCUT2D eigenvalue weighted by molar-refractivity contribution is 8.77. The molecular weight excluding hydrogens is 428 g/mol. The number of hydrogen-bond acceptors (Lipinski definition) is 6. The van der Waals surface area contributed by atoms with Gasteiger partial charge in [0.1, 0.15) is 5.75 Å². The number of rotatable bonds is 9. The third-order valence-corrected chi connectivity index (χ3v) is 10.2. The van der Waals surface area contributed by atoms with Crippen LogP contribution in [0, 0.1) is 0 Å². The Bertz CT molecular complexity index is 756. The van der Waals surface area contributed by atoms with Crippen LogP contribution in [-0.4, -0.2) is 67.3 Å². The van der Waals surface area contributed by atoms with Crippen LogP contribution in [0.5, 0.6) is 5.75 Å². The maximum Gasteiger partial charge on any atom is 0.243 e. The molecule has 0 aliphatic carbocycles. The third-order valence-electron chi connectivity index (χ3n) is 5.26. The molecule has 3 rings (SSSR count). The summed E-state index contributed by atoms with van der Waals surface area (Å²) in [4.78, 5) is 14.5. The van der Waals surface area contributed by atoms with Crippen LogP contribution in [0.4, 0.5) is 0 Å². The third kappa shape index (κ3) is 6.29. The van der Waals surface area contributed by atoms with E-state index in [-0.39, 0.29) is 10.8 Å². The van der Waals surface area contributed by atoms with Gasteiger partial charge in [0.05, 0.1) is 11.5 Å². The van der Waals surface area contributed by atoms with Crippen LogP contribution in [0.25, 0.3) is 0 Å². The van der Waals surface area contributed by atoms with Crippen LogP contribution in [0.1, 0.15) is 39.0 Å². The summed E-state index contributed by atoms with van der Waals surface area (Å²) in [6.45, 7) is 4.04. The van der Waals surface area contributed by atoms with Gasteiger partial charge in [-0.05, 0) is 50.5 Å². The topological polar surface area (TPSA) is 66.9 Å². The zero-order valence-corrected chi connectivity index (χ0v) is 19.4. The molecule has 2 fully saturated rings. The van der Waals surface area contributed by atoms with Crippen molar-refractivity contribution in [3.05, 3.63) is 24.3 Å². The number of benzene rings is 1. The molecule has 9 heteroatoms. The first-order chi connectivity index (χ1) is 14.0. The number of nitrogens with zero attached hydrogens (tertiary/aromatic N) is 2. The van der Waals surface area contributed by atoms with Gasteiger partial charge in [-0.1, -0.05) is 28.0 Å². The summed E-state index contributed by atoms with van der Waals surface area (Å²) in [5, 5.41) is 0.756. The molecule has 1 amide bonds. The predicted molar refractivity (Wildman–Crippen MR) is 120 cm³/mol. The zero-order chi connectivity index (χ0) is 20.7. The van der Waals surface area contributed by atoms with E-state index in [1.807, 2.05) is 33.4 Å². The second kappa shape index (κ2) is 10.9. The van der Waals surface area contributed by atoms with Crippen LogP contribution in [0.3, 0.4) is 0 Å². The van der Waals surface area contributed by atoms with Gasteiger partial charge in [-0.15, -0.1) is 0 Å². The molecule has 1 atom stereocenters. The van der Waals surface area contributed by atoms with Crippen molar-refractivity contribution in [3.63, 3.8) is 0 Å². The number of carbonyl (C=O) groups excluding carboxylic acids is 1. The first-order valence-corrected chi connectivity index (χ1v) is 14.1. The first kappa shape index (κ1) is 22.8. The SMILES string of the molecule is CCOc1ccc(S(=O)(=O)N2CCN(C(=O)CCCCC3CCSS3)CC2)cc1.